The highest BCUT2D eigenvalue weighted by molar-refractivity contribution is 5.95. The van der Waals surface area contributed by atoms with Crippen LogP contribution in [0.15, 0.2) is 24.3 Å². The van der Waals surface area contributed by atoms with E-state index in [1.54, 1.807) is 6.92 Å². The van der Waals surface area contributed by atoms with Crippen molar-refractivity contribution in [3.63, 3.8) is 0 Å². The van der Waals surface area contributed by atoms with Gasteiger partial charge in [-0.25, -0.2) is 0 Å². The molecule has 0 spiro atoms. The van der Waals surface area contributed by atoms with E-state index in [-0.39, 0.29) is 24.2 Å². The molecule has 2 rings (SSSR count). The van der Waals surface area contributed by atoms with Gasteiger partial charge in [-0.15, -0.1) is 0 Å². The SMILES string of the molecule is CCOC(=O)[C@@H]1CC(=O)Nc2ccccc2C1. The molecule has 0 aromatic heterocycles. The van der Waals surface area contributed by atoms with Gasteiger partial charge in [0.15, 0.2) is 0 Å². The third-order valence-corrected chi connectivity index (χ3v) is 2.81. The number of carbonyl (C=O) groups is 2. The van der Waals surface area contributed by atoms with Crippen LogP contribution in [0.3, 0.4) is 0 Å². The van der Waals surface area contributed by atoms with Crippen molar-refractivity contribution in [3.05, 3.63) is 29.8 Å². The van der Waals surface area contributed by atoms with Gasteiger partial charge in [-0.3, -0.25) is 9.59 Å². The zero-order chi connectivity index (χ0) is 12.3. The summed E-state index contributed by atoms with van der Waals surface area (Å²) < 4.78 is 4.98. The highest BCUT2D eigenvalue weighted by atomic mass is 16.5. The maximum absolute atomic E-state index is 11.7. The van der Waals surface area contributed by atoms with Crippen molar-refractivity contribution < 1.29 is 14.3 Å². The Morgan fingerprint density at radius 3 is 2.94 bits per heavy atom. The van der Waals surface area contributed by atoms with Gasteiger partial charge in [-0.1, -0.05) is 18.2 Å². The van der Waals surface area contributed by atoms with Gasteiger partial charge in [0.25, 0.3) is 0 Å². The molecule has 0 radical (unpaired) electrons. The van der Waals surface area contributed by atoms with Crippen molar-refractivity contribution in [1.29, 1.82) is 0 Å². The lowest BCUT2D eigenvalue weighted by atomic mass is 9.97. The van der Waals surface area contributed by atoms with Crippen molar-refractivity contribution in [2.45, 2.75) is 19.8 Å². The van der Waals surface area contributed by atoms with Crippen LogP contribution in [0, 0.1) is 5.92 Å². The summed E-state index contributed by atoms with van der Waals surface area (Å²) >= 11 is 0. The summed E-state index contributed by atoms with van der Waals surface area (Å²) in [5, 5.41) is 2.80. The molecular formula is C13H15NO3. The molecular weight excluding hydrogens is 218 g/mol. The molecule has 0 saturated heterocycles. The van der Waals surface area contributed by atoms with Gasteiger partial charge in [0.05, 0.1) is 12.5 Å². The number of anilines is 1. The first kappa shape index (κ1) is 11.6. The van der Waals surface area contributed by atoms with Gasteiger partial charge in [0.1, 0.15) is 0 Å². The molecule has 17 heavy (non-hydrogen) atoms. The Morgan fingerprint density at radius 1 is 1.41 bits per heavy atom. The van der Waals surface area contributed by atoms with E-state index in [0.29, 0.717) is 13.0 Å². The molecule has 1 aliphatic heterocycles. The number of para-hydroxylation sites is 1. The van der Waals surface area contributed by atoms with Gasteiger partial charge in [-0.2, -0.15) is 0 Å². The van der Waals surface area contributed by atoms with Crippen LogP contribution in [-0.2, 0) is 20.7 Å². The number of benzene rings is 1. The third kappa shape index (κ3) is 2.64. The number of esters is 1. The third-order valence-electron chi connectivity index (χ3n) is 2.81. The Kier molecular flexibility index (Phi) is 3.42. The molecule has 1 amide bonds. The number of rotatable bonds is 2. The molecule has 0 aliphatic carbocycles. The molecule has 0 saturated carbocycles. The number of fused-ring (bicyclic) bond motifs is 1. The van der Waals surface area contributed by atoms with E-state index in [0.717, 1.165) is 11.3 Å². The second-order valence-electron chi connectivity index (χ2n) is 4.06. The summed E-state index contributed by atoms with van der Waals surface area (Å²) in [6, 6.07) is 7.54. The normalized spacial score (nSPS) is 18.9. The van der Waals surface area contributed by atoms with Crippen molar-refractivity contribution in [1.82, 2.24) is 0 Å². The lowest BCUT2D eigenvalue weighted by Crippen LogP contribution is -2.23. The van der Waals surface area contributed by atoms with Gasteiger partial charge < -0.3 is 10.1 Å². The Labute approximate surface area is 100.0 Å². The van der Waals surface area contributed by atoms with E-state index in [1.807, 2.05) is 24.3 Å². The first-order chi connectivity index (χ1) is 8.20. The second kappa shape index (κ2) is 4.99. The molecule has 1 aromatic rings. The predicted molar refractivity (Wildman–Crippen MR) is 63.5 cm³/mol. The van der Waals surface area contributed by atoms with Crippen molar-refractivity contribution in [2.75, 3.05) is 11.9 Å². The minimum atomic E-state index is -0.376. The summed E-state index contributed by atoms with van der Waals surface area (Å²) in [6.07, 6.45) is 0.737. The van der Waals surface area contributed by atoms with Crippen LogP contribution in [0.4, 0.5) is 5.69 Å². The van der Waals surface area contributed by atoms with Gasteiger partial charge >= 0.3 is 5.97 Å². The maximum atomic E-state index is 11.7. The van der Waals surface area contributed by atoms with Crippen molar-refractivity contribution in [2.24, 2.45) is 5.92 Å². The molecule has 0 fully saturated rings. The number of ether oxygens (including phenoxy) is 1. The number of carbonyl (C=O) groups excluding carboxylic acids is 2. The molecule has 1 aliphatic rings. The summed E-state index contributed by atoms with van der Waals surface area (Å²) in [5.74, 6) is -0.800. The smallest absolute Gasteiger partial charge is 0.309 e. The first-order valence-corrected chi connectivity index (χ1v) is 5.75. The summed E-state index contributed by atoms with van der Waals surface area (Å²) in [5.41, 5.74) is 1.78. The van der Waals surface area contributed by atoms with Crippen molar-refractivity contribution >= 4 is 17.6 Å². The predicted octanol–water partition coefficient (Wildman–Crippen LogP) is 1.75. The molecule has 0 bridgehead atoms. The highest BCUT2D eigenvalue weighted by Crippen LogP contribution is 2.25. The van der Waals surface area contributed by atoms with E-state index < -0.39 is 0 Å². The van der Waals surface area contributed by atoms with Gasteiger partial charge in [-0.05, 0) is 25.0 Å². The van der Waals surface area contributed by atoms with E-state index >= 15 is 0 Å². The largest absolute Gasteiger partial charge is 0.466 e. The van der Waals surface area contributed by atoms with Crippen molar-refractivity contribution in [3.8, 4) is 0 Å². The molecule has 90 valence electrons. The molecule has 1 heterocycles. The highest BCUT2D eigenvalue weighted by Gasteiger charge is 2.27. The fourth-order valence-electron chi connectivity index (χ4n) is 2.01. The zero-order valence-electron chi connectivity index (χ0n) is 9.73. The number of nitrogens with one attached hydrogen (secondary N) is 1. The quantitative estimate of drug-likeness (QED) is 0.792. The monoisotopic (exact) mass is 233 g/mol. The molecule has 1 aromatic carbocycles. The van der Waals surface area contributed by atoms with Gasteiger partial charge in [0.2, 0.25) is 5.91 Å². The maximum Gasteiger partial charge on any atom is 0.309 e. The fraction of sp³-hybridized carbons (Fsp3) is 0.385. The van der Waals surface area contributed by atoms with Crippen LogP contribution in [0.1, 0.15) is 18.9 Å². The molecule has 4 nitrogen and oxygen atoms in total. The summed E-state index contributed by atoms with van der Waals surface area (Å²) in [7, 11) is 0. The van der Waals surface area contributed by atoms with Crippen LogP contribution in [0.25, 0.3) is 0 Å². The van der Waals surface area contributed by atoms with Gasteiger partial charge in [0, 0.05) is 12.1 Å². The van der Waals surface area contributed by atoms with Crippen LogP contribution in [-0.4, -0.2) is 18.5 Å². The number of hydrogen-bond donors (Lipinski definition) is 1. The van der Waals surface area contributed by atoms with E-state index in [2.05, 4.69) is 5.32 Å². The first-order valence-electron chi connectivity index (χ1n) is 5.75. The Morgan fingerprint density at radius 2 is 2.18 bits per heavy atom. The lowest BCUT2D eigenvalue weighted by Gasteiger charge is -2.11. The van der Waals surface area contributed by atoms with Crippen LogP contribution in [0.5, 0.6) is 0 Å². The Balaban J connectivity index is 2.23. The average Bonchev–Trinajstić information content (AvgIpc) is 2.47. The minimum Gasteiger partial charge on any atom is -0.466 e. The standard InChI is InChI=1S/C13H15NO3/c1-2-17-13(16)10-7-9-5-3-4-6-11(9)14-12(15)8-10/h3-6,10H,2,7-8H2,1H3,(H,14,15)/t10-/m0/s1. The summed E-state index contributed by atoms with van der Waals surface area (Å²) in [6.45, 7) is 2.11. The van der Waals surface area contributed by atoms with Crippen LogP contribution in [0.2, 0.25) is 0 Å². The minimum absolute atomic E-state index is 0.131. The fourth-order valence-corrected chi connectivity index (χ4v) is 2.01. The molecule has 4 heteroatoms. The van der Waals surface area contributed by atoms with E-state index in [9.17, 15) is 9.59 Å². The summed E-state index contributed by atoms with van der Waals surface area (Å²) in [4.78, 5) is 23.4. The number of amides is 1. The van der Waals surface area contributed by atoms with Crippen LogP contribution >= 0.6 is 0 Å². The molecule has 1 atom stereocenters. The van der Waals surface area contributed by atoms with E-state index in [1.165, 1.54) is 0 Å². The Hall–Kier alpha value is -1.84. The topological polar surface area (TPSA) is 55.4 Å². The van der Waals surface area contributed by atoms with E-state index in [4.69, 9.17) is 4.74 Å². The average molecular weight is 233 g/mol. The zero-order valence-corrected chi connectivity index (χ0v) is 9.73. The number of hydrogen-bond acceptors (Lipinski definition) is 3. The second-order valence-corrected chi connectivity index (χ2v) is 4.06. The Bertz CT molecular complexity index is 442. The van der Waals surface area contributed by atoms with Crippen LogP contribution < -0.4 is 5.32 Å². The molecule has 1 N–H and O–H groups in total. The molecule has 0 unspecified atom stereocenters. The lowest BCUT2D eigenvalue weighted by molar-refractivity contribution is -0.149.